The number of nitrogens with zero attached hydrogens (tertiary/aromatic N) is 1. The maximum absolute atomic E-state index is 12.0. The number of amides is 1. The van der Waals surface area contributed by atoms with Crippen LogP contribution in [0.25, 0.3) is 0 Å². The third kappa shape index (κ3) is 4.65. The molecule has 0 atom stereocenters. The fraction of sp³-hybridized carbons (Fsp3) is 0.222. The van der Waals surface area contributed by atoms with Gasteiger partial charge in [0.1, 0.15) is 11.5 Å². The number of carbonyl (C=O) groups is 1. The Hall–Kier alpha value is -3.20. The average molecular weight is 325 g/mol. The van der Waals surface area contributed by atoms with E-state index in [-0.39, 0.29) is 12.3 Å². The van der Waals surface area contributed by atoms with Crippen molar-refractivity contribution in [1.29, 1.82) is 5.26 Å². The van der Waals surface area contributed by atoms with Crippen molar-refractivity contribution in [2.24, 2.45) is 0 Å². The highest BCUT2D eigenvalue weighted by molar-refractivity contribution is 5.91. The third-order valence-corrected chi connectivity index (χ3v) is 3.35. The number of nitrogens with one attached hydrogen (secondary N) is 2. The van der Waals surface area contributed by atoms with Crippen LogP contribution in [0.2, 0.25) is 0 Å². The Morgan fingerprint density at radius 2 is 2.00 bits per heavy atom. The topological polar surface area (TPSA) is 83.4 Å². The van der Waals surface area contributed by atoms with Crippen molar-refractivity contribution in [2.45, 2.75) is 6.42 Å². The summed E-state index contributed by atoms with van der Waals surface area (Å²) in [6.07, 6.45) is 0.284. The van der Waals surface area contributed by atoms with Crippen LogP contribution in [0.1, 0.15) is 12.0 Å². The zero-order valence-electron chi connectivity index (χ0n) is 13.6. The maximum atomic E-state index is 12.0. The molecule has 0 fully saturated rings. The molecule has 6 nitrogen and oxygen atoms in total. The predicted octanol–water partition coefficient (Wildman–Crippen LogP) is 3.02. The number of benzene rings is 2. The van der Waals surface area contributed by atoms with Crippen molar-refractivity contribution in [3.63, 3.8) is 0 Å². The Kier molecular flexibility index (Phi) is 6.03. The van der Waals surface area contributed by atoms with E-state index in [4.69, 9.17) is 14.7 Å². The van der Waals surface area contributed by atoms with Crippen molar-refractivity contribution >= 4 is 17.3 Å². The van der Waals surface area contributed by atoms with E-state index < -0.39 is 0 Å². The van der Waals surface area contributed by atoms with Gasteiger partial charge in [-0.2, -0.15) is 5.26 Å². The van der Waals surface area contributed by atoms with Gasteiger partial charge in [-0.3, -0.25) is 4.79 Å². The van der Waals surface area contributed by atoms with Crippen molar-refractivity contribution in [2.75, 3.05) is 31.4 Å². The predicted molar refractivity (Wildman–Crippen MR) is 92.4 cm³/mol. The molecule has 2 aromatic carbocycles. The molecule has 0 spiro atoms. The molecule has 0 aliphatic rings. The van der Waals surface area contributed by atoms with Crippen LogP contribution < -0.4 is 20.1 Å². The van der Waals surface area contributed by atoms with Crippen LogP contribution in [0, 0.1) is 11.3 Å². The quantitative estimate of drug-likeness (QED) is 0.817. The summed E-state index contributed by atoms with van der Waals surface area (Å²) in [4.78, 5) is 12.0. The van der Waals surface area contributed by atoms with Gasteiger partial charge in [-0.05, 0) is 30.3 Å². The van der Waals surface area contributed by atoms with E-state index >= 15 is 0 Å². The highest BCUT2D eigenvalue weighted by atomic mass is 16.5. The highest BCUT2D eigenvalue weighted by Crippen LogP contribution is 2.28. The van der Waals surface area contributed by atoms with Gasteiger partial charge < -0.3 is 20.1 Å². The molecular weight excluding hydrogens is 306 g/mol. The number of hydrogen-bond acceptors (Lipinski definition) is 5. The number of nitriles is 1. The van der Waals surface area contributed by atoms with Gasteiger partial charge in [-0.25, -0.2) is 0 Å². The zero-order valence-corrected chi connectivity index (χ0v) is 13.6. The van der Waals surface area contributed by atoms with Gasteiger partial charge in [0.25, 0.3) is 0 Å². The van der Waals surface area contributed by atoms with E-state index in [1.54, 1.807) is 44.6 Å². The van der Waals surface area contributed by atoms with Gasteiger partial charge in [0.2, 0.25) is 5.91 Å². The maximum Gasteiger partial charge on any atom is 0.226 e. The first-order chi connectivity index (χ1) is 11.7. The van der Waals surface area contributed by atoms with E-state index in [1.807, 2.05) is 18.2 Å². The second kappa shape index (κ2) is 8.44. The highest BCUT2D eigenvalue weighted by Gasteiger charge is 2.07. The number of hydrogen-bond donors (Lipinski definition) is 2. The molecule has 0 bridgehead atoms. The normalized spacial score (nSPS) is 9.71. The van der Waals surface area contributed by atoms with Gasteiger partial charge in [-0.1, -0.05) is 6.07 Å². The Balaban J connectivity index is 1.87. The Morgan fingerprint density at radius 1 is 1.17 bits per heavy atom. The van der Waals surface area contributed by atoms with Crippen LogP contribution in [0.4, 0.5) is 11.4 Å². The standard InChI is InChI=1S/C18H19N3O3/c1-23-15-6-7-16(17(11-15)24-2)20-9-8-18(22)21-14-5-3-4-13(10-14)12-19/h3-7,10-11,20H,8-9H2,1-2H3,(H,21,22). The summed E-state index contributed by atoms with van der Waals surface area (Å²) in [5, 5.41) is 14.8. The van der Waals surface area contributed by atoms with Gasteiger partial charge in [-0.15, -0.1) is 0 Å². The number of methoxy groups -OCH3 is 2. The molecule has 2 N–H and O–H groups in total. The average Bonchev–Trinajstić information content (AvgIpc) is 2.62. The molecule has 1 amide bonds. The van der Waals surface area contributed by atoms with Crippen molar-refractivity contribution in [3.8, 4) is 17.6 Å². The summed E-state index contributed by atoms with van der Waals surface area (Å²) >= 11 is 0. The van der Waals surface area contributed by atoms with E-state index in [1.165, 1.54) is 0 Å². The lowest BCUT2D eigenvalue weighted by Gasteiger charge is -2.12. The van der Waals surface area contributed by atoms with Crippen LogP contribution in [0.15, 0.2) is 42.5 Å². The fourth-order valence-electron chi connectivity index (χ4n) is 2.15. The molecule has 2 rings (SSSR count). The monoisotopic (exact) mass is 325 g/mol. The van der Waals surface area contributed by atoms with Crippen molar-refractivity contribution in [3.05, 3.63) is 48.0 Å². The Labute approximate surface area is 141 Å². The smallest absolute Gasteiger partial charge is 0.226 e. The molecule has 6 heteroatoms. The molecule has 0 heterocycles. The zero-order chi connectivity index (χ0) is 17.4. The fourth-order valence-corrected chi connectivity index (χ4v) is 2.15. The minimum absolute atomic E-state index is 0.134. The van der Waals surface area contributed by atoms with Gasteiger partial charge in [0, 0.05) is 24.7 Å². The third-order valence-electron chi connectivity index (χ3n) is 3.35. The number of rotatable bonds is 7. The largest absolute Gasteiger partial charge is 0.497 e. The van der Waals surface area contributed by atoms with Crippen molar-refractivity contribution in [1.82, 2.24) is 0 Å². The first kappa shape index (κ1) is 17.2. The molecule has 0 aromatic heterocycles. The van der Waals surface area contributed by atoms with Crippen LogP contribution in [0.3, 0.4) is 0 Å². The van der Waals surface area contributed by atoms with E-state index in [0.29, 0.717) is 29.3 Å². The Morgan fingerprint density at radius 3 is 2.71 bits per heavy atom. The van der Waals surface area contributed by atoms with Crippen LogP contribution >= 0.6 is 0 Å². The summed E-state index contributed by atoms with van der Waals surface area (Å²) in [7, 11) is 3.17. The van der Waals surface area contributed by atoms with Gasteiger partial charge >= 0.3 is 0 Å². The molecule has 2 aromatic rings. The Bertz CT molecular complexity index is 753. The van der Waals surface area contributed by atoms with E-state index in [0.717, 1.165) is 5.69 Å². The van der Waals surface area contributed by atoms with Crippen LogP contribution in [-0.2, 0) is 4.79 Å². The molecule has 124 valence electrons. The van der Waals surface area contributed by atoms with E-state index in [9.17, 15) is 4.79 Å². The number of ether oxygens (including phenoxy) is 2. The molecule has 24 heavy (non-hydrogen) atoms. The summed E-state index contributed by atoms with van der Waals surface area (Å²) in [5.74, 6) is 1.22. The lowest BCUT2D eigenvalue weighted by atomic mass is 10.2. The minimum Gasteiger partial charge on any atom is -0.497 e. The molecule has 0 radical (unpaired) electrons. The van der Waals surface area contributed by atoms with Gasteiger partial charge in [0.15, 0.2) is 0 Å². The number of carbonyl (C=O) groups excluding carboxylic acids is 1. The van der Waals surface area contributed by atoms with Crippen molar-refractivity contribution < 1.29 is 14.3 Å². The van der Waals surface area contributed by atoms with Crippen LogP contribution in [0.5, 0.6) is 11.5 Å². The molecule has 0 saturated carbocycles. The van der Waals surface area contributed by atoms with E-state index in [2.05, 4.69) is 10.6 Å². The number of anilines is 2. The summed E-state index contributed by atoms with van der Waals surface area (Å²) in [5.41, 5.74) is 1.91. The molecular formula is C18H19N3O3. The first-order valence-electron chi connectivity index (χ1n) is 7.42. The lowest BCUT2D eigenvalue weighted by molar-refractivity contribution is -0.115. The first-order valence-corrected chi connectivity index (χ1v) is 7.42. The molecule has 0 saturated heterocycles. The second-order valence-electron chi connectivity index (χ2n) is 4.98. The SMILES string of the molecule is COc1ccc(NCCC(=O)Nc2cccc(C#N)c2)c(OC)c1. The minimum atomic E-state index is -0.134. The van der Waals surface area contributed by atoms with Crippen LogP contribution in [-0.4, -0.2) is 26.7 Å². The second-order valence-corrected chi connectivity index (χ2v) is 4.98. The molecule has 0 aliphatic carbocycles. The molecule has 0 unspecified atom stereocenters. The molecule has 0 aliphatic heterocycles. The lowest BCUT2D eigenvalue weighted by Crippen LogP contribution is -2.16. The van der Waals surface area contributed by atoms with Gasteiger partial charge in [0.05, 0.1) is 31.5 Å². The summed E-state index contributed by atoms with van der Waals surface area (Å²) in [6.45, 7) is 0.451. The summed E-state index contributed by atoms with van der Waals surface area (Å²) in [6, 6.07) is 14.3. The summed E-state index contributed by atoms with van der Waals surface area (Å²) < 4.78 is 10.4.